The van der Waals surface area contributed by atoms with Crippen molar-refractivity contribution in [3.63, 3.8) is 0 Å². The average Bonchev–Trinajstić information content (AvgIpc) is 2.07. The van der Waals surface area contributed by atoms with E-state index in [1.165, 1.54) is 0 Å². The third-order valence-corrected chi connectivity index (χ3v) is 1.20. The molecule has 0 aliphatic rings. The van der Waals surface area contributed by atoms with Crippen LogP contribution in [0.15, 0.2) is 30.3 Å². The molecule has 3 nitrogen and oxygen atoms in total. The van der Waals surface area contributed by atoms with Gasteiger partial charge in [-0.2, -0.15) is 0 Å². The van der Waals surface area contributed by atoms with Gasteiger partial charge in [0, 0.05) is 5.56 Å². The molecule has 0 amide bonds. The van der Waals surface area contributed by atoms with Crippen molar-refractivity contribution in [2.24, 2.45) is 0 Å². The Bertz CT molecular complexity index is 319. The maximum absolute atomic E-state index is 9.07. The molecule has 0 radical (unpaired) electrons. The third-order valence-electron chi connectivity index (χ3n) is 1.20. The van der Waals surface area contributed by atoms with E-state index in [2.05, 4.69) is 4.79 Å². The van der Waals surface area contributed by atoms with Crippen molar-refractivity contribution < 1.29 is 9.90 Å². The van der Waals surface area contributed by atoms with E-state index in [9.17, 15) is 0 Å². The van der Waals surface area contributed by atoms with Crippen LogP contribution in [0.25, 0.3) is 11.3 Å². The molecule has 0 saturated heterocycles. The Kier molecular flexibility index (Phi) is 2.24. The predicted octanol–water partition coefficient (Wildman–Crippen LogP) is 1.49. The van der Waals surface area contributed by atoms with Crippen molar-refractivity contribution in [1.29, 1.82) is 0 Å². The van der Waals surface area contributed by atoms with Crippen molar-refractivity contribution >= 4 is 11.6 Å². The molecule has 0 unspecified atom stereocenters. The molecule has 1 rings (SSSR count). The summed E-state index contributed by atoms with van der Waals surface area (Å²) in [5, 5.41) is 9.07. The first-order chi connectivity index (χ1) is 5.34. The number of nitrogens with zero attached hydrogens (tertiary/aromatic N) is 2. The quantitative estimate of drug-likeness (QED) is 0.277. The summed E-state index contributed by atoms with van der Waals surface area (Å²) < 4.78 is 0. The Hall–Kier alpha value is -1.82. The van der Waals surface area contributed by atoms with Gasteiger partial charge in [0.05, 0.1) is 0 Å². The van der Waals surface area contributed by atoms with E-state index in [0.29, 0.717) is 5.56 Å². The van der Waals surface area contributed by atoms with Gasteiger partial charge in [-0.3, -0.25) is 0 Å². The summed E-state index contributed by atoms with van der Waals surface area (Å²) >= 11 is 0. The summed E-state index contributed by atoms with van der Waals surface area (Å²) in [4.78, 5) is 2.57. The van der Waals surface area contributed by atoms with Gasteiger partial charge in [-0.05, 0) is 0 Å². The molecule has 1 aromatic rings. The molecule has 0 fully saturated rings. The van der Waals surface area contributed by atoms with E-state index >= 15 is 0 Å². The van der Waals surface area contributed by atoms with Crippen LogP contribution < -0.4 is 0 Å². The lowest BCUT2D eigenvalue weighted by molar-refractivity contribution is 0.00748. The van der Waals surface area contributed by atoms with Gasteiger partial charge >= 0.3 is 5.87 Å². The second-order valence-corrected chi connectivity index (χ2v) is 1.93. The van der Waals surface area contributed by atoms with Gasteiger partial charge in [0.25, 0.3) is 5.76 Å². The molecule has 54 valence electrons. The molecule has 1 N–H and O–H groups in total. The summed E-state index contributed by atoms with van der Waals surface area (Å²) in [7, 11) is 0. The molecule has 0 saturated carbocycles. The predicted molar refractivity (Wildman–Crippen MR) is 41.1 cm³/mol. The average molecular weight is 146 g/mol. The summed E-state index contributed by atoms with van der Waals surface area (Å²) in [5.74, 6) is 1.84. The van der Waals surface area contributed by atoms with E-state index in [1.54, 1.807) is 24.3 Å². The van der Waals surface area contributed by atoms with E-state index in [4.69, 9.17) is 10.6 Å². The van der Waals surface area contributed by atoms with Crippen LogP contribution in [-0.4, -0.2) is 15.8 Å². The standard InChI is InChI=1S/C8H6N2O/c9-10-6-8(11)7-4-2-1-3-5-7/h1-5,11H. The fraction of sp³-hybridized carbons (Fsp3) is 0. The minimum Gasteiger partial charge on any atom is -0.496 e. The van der Waals surface area contributed by atoms with Crippen LogP contribution in [0.5, 0.6) is 0 Å². The maximum Gasteiger partial charge on any atom is 0.346 e. The Morgan fingerprint density at radius 3 is 2.55 bits per heavy atom. The molecule has 1 aromatic carbocycles. The molecular formula is C8H6N2O. The van der Waals surface area contributed by atoms with Gasteiger partial charge < -0.3 is 10.6 Å². The van der Waals surface area contributed by atoms with Crippen LogP contribution in [0.2, 0.25) is 0 Å². The number of benzene rings is 1. The van der Waals surface area contributed by atoms with Crippen molar-refractivity contribution in [1.82, 2.24) is 0 Å². The second kappa shape index (κ2) is 3.37. The van der Waals surface area contributed by atoms with Gasteiger partial charge in [-0.1, -0.05) is 30.3 Å². The Balaban J connectivity index is 3.14. The van der Waals surface area contributed by atoms with Crippen LogP contribution in [0, 0.1) is 0 Å². The maximum atomic E-state index is 9.07. The lowest BCUT2D eigenvalue weighted by Crippen LogP contribution is -1.81. The Labute approximate surface area is 63.8 Å². The fourth-order valence-corrected chi connectivity index (χ4v) is 0.708. The zero-order chi connectivity index (χ0) is 8.10. The van der Waals surface area contributed by atoms with Gasteiger partial charge in [0.2, 0.25) is 0 Å². The van der Waals surface area contributed by atoms with Gasteiger partial charge in [-0.25, -0.2) is 0 Å². The first-order valence-electron chi connectivity index (χ1n) is 3.06. The molecule has 0 atom stereocenters. The Morgan fingerprint density at radius 2 is 2.00 bits per heavy atom. The molecule has 0 bridgehead atoms. The summed E-state index contributed by atoms with van der Waals surface area (Å²) in [6.07, 6.45) is 0. The SMILES string of the molecule is [N-]=[N+]=C=C(O)c1ccccc1. The summed E-state index contributed by atoms with van der Waals surface area (Å²) in [5.41, 5.74) is 8.61. The van der Waals surface area contributed by atoms with Crippen LogP contribution in [0.3, 0.4) is 0 Å². The van der Waals surface area contributed by atoms with Crippen LogP contribution in [0.4, 0.5) is 0 Å². The fourth-order valence-electron chi connectivity index (χ4n) is 0.708. The van der Waals surface area contributed by atoms with Crippen molar-refractivity contribution in [2.45, 2.75) is 0 Å². The topological polar surface area (TPSA) is 56.6 Å². The smallest absolute Gasteiger partial charge is 0.346 e. The molecule has 11 heavy (non-hydrogen) atoms. The summed E-state index contributed by atoms with van der Waals surface area (Å²) in [6.45, 7) is 0. The van der Waals surface area contributed by atoms with Gasteiger partial charge in [0.1, 0.15) is 0 Å². The van der Waals surface area contributed by atoms with Gasteiger partial charge in [-0.15, -0.1) is 4.79 Å². The van der Waals surface area contributed by atoms with Crippen LogP contribution in [0.1, 0.15) is 5.56 Å². The normalized spacial score (nSPS) is 8.00. The van der Waals surface area contributed by atoms with Crippen molar-refractivity contribution in [3.8, 4) is 0 Å². The minimum atomic E-state index is -0.173. The molecule has 0 aliphatic heterocycles. The third kappa shape index (κ3) is 1.80. The highest BCUT2D eigenvalue weighted by atomic mass is 16.3. The van der Waals surface area contributed by atoms with Gasteiger partial charge in [0.15, 0.2) is 0 Å². The minimum absolute atomic E-state index is 0.173. The van der Waals surface area contributed by atoms with E-state index in [0.717, 1.165) is 0 Å². The highest BCUT2D eigenvalue weighted by molar-refractivity contribution is 5.81. The highest BCUT2D eigenvalue weighted by Crippen LogP contribution is 2.05. The largest absolute Gasteiger partial charge is 0.496 e. The van der Waals surface area contributed by atoms with Crippen LogP contribution in [-0.2, 0) is 0 Å². The highest BCUT2D eigenvalue weighted by Gasteiger charge is 1.97. The Morgan fingerprint density at radius 1 is 1.36 bits per heavy atom. The zero-order valence-corrected chi connectivity index (χ0v) is 5.73. The molecule has 3 heteroatoms. The monoisotopic (exact) mass is 146 g/mol. The number of hydrogen-bond acceptors (Lipinski definition) is 1. The molecule has 0 aromatic heterocycles. The number of hydrogen-bond donors (Lipinski definition) is 1. The molecule has 0 heterocycles. The van der Waals surface area contributed by atoms with Crippen LogP contribution >= 0.6 is 0 Å². The molecule has 0 aliphatic carbocycles. The number of rotatable bonds is 1. The van der Waals surface area contributed by atoms with Crippen molar-refractivity contribution in [2.75, 3.05) is 0 Å². The number of aliphatic hydroxyl groups is 1. The molecular weight excluding hydrogens is 140 g/mol. The zero-order valence-electron chi connectivity index (χ0n) is 5.73. The first kappa shape index (κ1) is 7.29. The summed E-state index contributed by atoms with van der Waals surface area (Å²) in [6, 6.07) is 8.74. The molecule has 0 spiro atoms. The lowest BCUT2D eigenvalue weighted by atomic mass is 10.2. The second-order valence-electron chi connectivity index (χ2n) is 1.93. The van der Waals surface area contributed by atoms with Crippen molar-refractivity contribution in [3.05, 3.63) is 41.4 Å². The number of aliphatic hydroxyl groups excluding tert-OH is 1. The lowest BCUT2D eigenvalue weighted by Gasteiger charge is -1.89. The first-order valence-corrected chi connectivity index (χ1v) is 3.06. The van der Waals surface area contributed by atoms with E-state index in [-0.39, 0.29) is 5.76 Å². The van der Waals surface area contributed by atoms with E-state index < -0.39 is 0 Å². The van der Waals surface area contributed by atoms with E-state index in [1.807, 2.05) is 11.9 Å².